The van der Waals surface area contributed by atoms with Crippen molar-refractivity contribution in [3.05, 3.63) is 57.1 Å². The van der Waals surface area contributed by atoms with Crippen LogP contribution < -0.4 is 19.7 Å². The van der Waals surface area contributed by atoms with Crippen LogP contribution in [0.15, 0.2) is 35.9 Å². The molecule has 12 heteroatoms. The molecule has 1 heterocycles. The second-order valence-corrected chi connectivity index (χ2v) is 8.14. The number of ether oxygens (including phenoxy) is 2. The number of imide groups is 2. The maximum Gasteiger partial charge on any atom is 0.416 e. The highest BCUT2D eigenvalue weighted by atomic mass is 35.5. The number of rotatable bonds is 5. The molecule has 1 fully saturated rings. The van der Waals surface area contributed by atoms with Gasteiger partial charge in [-0.3, -0.25) is 14.9 Å². The summed E-state index contributed by atoms with van der Waals surface area (Å²) in [6.07, 6.45) is -3.86. The summed E-state index contributed by atoms with van der Waals surface area (Å²) in [7, 11) is 1.37. The fourth-order valence-corrected chi connectivity index (χ4v) is 3.54. The van der Waals surface area contributed by atoms with Gasteiger partial charge in [-0.2, -0.15) is 13.2 Å². The number of carbonyl (C=O) groups excluding carboxylic acids is 3. The van der Waals surface area contributed by atoms with Gasteiger partial charge in [0, 0.05) is 0 Å². The average molecular weight is 517 g/mol. The maximum atomic E-state index is 13.2. The zero-order valence-electron chi connectivity index (χ0n) is 17.9. The summed E-state index contributed by atoms with van der Waals surface area (Å²) in [5.74, 6) is -1.77. The molecule has 1 saturated heterocycles. The van der Waals surface area contributed by atoms with Gasteiger partial charge in [-0.25, -0.2) is 9.69 Å². The second kappa shape index (κ2) is 9.55. The van der Waals surface area contributed by atoms with Crippen molar-refractivity contribution in [3.63, 3.8) is 0 Å². The molecule has 0 spiro atoms. The number of nitrogens with one attached hydrogen (secondary N) is 1. The van der Waals surface area contributed by atoms with Crippen LogP contribution in [0.1, 0.15) is 25.0 Å². The molecule has 4 amide bonds. The van der Waals surface area contributed by atoms with E-state index in [0.717, 1.165) is 12.1 Å². The highest BCUT2D eigenvalue weighted by Crippen LogP contribution is 2.39. The van der Waals surface area contributed by atoms with Gasteiger partial charge >= 0.3 is 12.2 Å². The lowest BCUT2D eigenvalue weighted by Crippen LogP contribution is -2.54. The Kier molecular flexibility index (Phi) is 7.13. The molecule has 1 N–H and O–H groups in total. The highest BCUT2D eigenvalue weighted by Gasteiger charge is 2.39. The van der Waals surface area contributed by atoms with Gasteiger partial charge in [-0.1, -0.05) is 23.2 Å². The predicted molar refractivity (Wildman–Crippen MR) is 119 cm³/mol. The summed E-state index contributed by atoms with van der Waals surface area (Å²) in [4.78, 5) is 38.2. The van der Waals surface area contributed by atoms with Gasteiger partial charge < -0.3 is 9.47 Å². The van der Waals surface area contributed by atoms with Crippen molar-refractivity contribution in [1.29, 1.82) is 0 Å². The summed E-state index contributed by atoms with van der Waals surface area (Å²) >= 11 is 12.2. The second-order valence-electron chi connectivity index (χ2n) is 7.32. The summed E-state index contributed by atoms with van der Waals surface area (Å²) in [5, 5.41) is 1.75. The Labute approximate surface area is 202 Å². The topological polar surface area (TPSA) is 84.9 Å². The molecular formula is C22H17Cl2F3N2O5. The molecule has 1 aliphatic rings. The Hall–Kier alpha value is -3.24. The summed E-state index contributed by atoms with van der Waals surface area (Å²) in [6, 6.07) is 3.74. The summed E-state index contributed by atoms with van der Waals surface area (Å²) in [6.45, 7) is 3.56. The van der Waals surface area contributed by atoms with Crippen molar-refractivity contribution in [3.8, 4) is 11.5 Å². The van der Waals surface area contributed by atoms with Gasteiger partial charge in [-0.15, -0.1) is 0 Å². The quantitative estimate of drug-likeness (QED) is 0.420. The number of hydrogen-bond acceptors (Lipinski definition) is 5. The van der Waals surface area contributed by atoms with E-state index in [2.05, 4.69) is 0 Å². The zero-order chi connectivity index (χ0) is 25.4. The van der Waals surface area contributed by atoms with Crippen molar-refractivity contribution in [2.45, 2.75) is 26.1 Å². The van der Waals surface area contributed by atoms with Gasteiger partial charge in [0.05, 0.1) is 34.5 Å². The molecule has 0 unspecified atom stereocenters. The summed E-state index contributed by atoms with van der Waals surface area (Å²) in [5.41, 5.74) is -1.97. The van der Waals surface area contributed by atoms with Crippen LogP contribution in [0.3, 0.4) is 0 Å². The molecule has 0 aliphatic carbocycles. The minimum Gasteiger partial charge on any atom is -0.493 e. The molecule has 180 valence electrons. The SMILES string of the molecule is COc1cc(/C=C2/C(=O)NC(=O)N(c3cc(C(F)(F)F)ccc3Cl)C2=O)cc(Cl)c1OC(C)C. The molecule has 0 radical (unpaired) electrons. The van der Waals surface area contributed by atoms with E-state index in [0.29, 0.717) is 17.0 Å². The van der Waals surface area contributed by atoms with Crippen LogP contribution in [-0.2, 0) is 15.8 Å². The number of amides is 4. The Bertz CT molecular complexity index is 1210. The van der Waals surface area contributed by atoms with Gasteiger partial charge in [0.2, 0.25) is 0 Å². The van der Waals surface area contributed by atoms with E-state index < -0.39 is 40.8 Å². The molecule has 0 saturated carbocycles. The third-order valence-corrected chi connectivity index (χ3v) is 5.13. The number of carbonyl (C=O) groups is 3. The first-order valence-corrected chi connectivity index (χ1v) is 10.4. The van der Waals surface area contributed by atoms with Gasteiger partial charge in [0.15, 0.2) is 11.5 Å². The van der Waals surface area contributed by atoms with Crippen molar-refractivity contribution in [2.24, 2.45) is 0 Å². The van der Waals surface area contributed by atoms with E-state index in [-0.39, 0.29) is 33.2 Å². The lowest BCUT2D eigenvalue weighted by atomic mass is 10.1. The number of hydrogen-bond donors (Lipinski definition) is 1. The number of halogens is 5. The first kappa shape index (κ1) is 25.4. The fraction of sp³-hybridized carbons (Fsp3) is 0.227. The Balaban J connectivity index is 2.08. The number of nitrogens with zero attached hydrogens (tertiary/aromatic N) is 1. The standard InChI is InChI=1S/C22H17Cl2F3N2O5/c1-10(2)34-18-15(24)7-11(8-17(18)33-3)6-13-19(30)28-21(32)29(20(13)31)16-9-12(22(25,26)27)4-5-14(16)23/h4-10H,1-3H3,(H,28,30,32)/b13-6-. The van der Waals surface area contributed by atoms with E-state index in [1.807, 2.05) is 5.32 Å². The largest absolute Gasteiger partial charge is 0.493 e. The normalized spacial score (nSPS) is 15.7. The number of benzene rings is 2. The maximum absolute atomic E-state index is 13.2. The number of urea groups is 1. The van der Waals surface area contributed by atoms with Crippen LogP contribution >= 0.6 is 23.2 Å². The van der Waals surface area contributed by atoms with Crippen LogP contribution in [-0.4, -0.2) is 31.1 Å². The Morgan fingerprint density at radius 1 is 1.06 bits per heavy atom. The highest BCUT2D eigenvalue weighted by molar-refractivity contribution is 6.42. The van der Waals surface area contributed by atoms with Gasteiger partial charge in [0.25, 0.3) is 11.8 Å². The van der Waals surface area contributed by atoms with Gasteiger partial charge in [-0.05, 0) is 55.8 Å². The Morgan fingerprint density at radius 2 is 1.74 bits per heavy atom. The van der Waals surface area contributed by atoms with Crippen LogP contribution in [0, 0.1) is 0 Å². The molecule has 1 aliphatic heterocycles. The average Bonchev–Trinajstić information content (AvgIpc) is 2.72. The van der Waals surface area contributed by atoms with E-state index in [9.17, 15) is 27.6 Å². The number of barbiturate groups is 1. The van der Waals surface area contributed by atoms with Crippen molar-refractivity contribution in [1.82, 2.24) is 5.32 Å². The number of anilines is 1. The molecule has 2 aromatic carbocycles. The van der Waals surface area contributed by atoms with Crippen LogP contribution in [0.4, 0.5) is 23.7 Å². The third kappa shape index (κ3) is 5.13. The monoisotopic (exact) mass is 516 g/mol. The van der Waals surface area contributed by atoms with Crippen LogP contribution in [0.5, 0.6) is 11.5 Å². The lowest BCUT2D eigenvalue weighted by molar-refractivity contribution is -0.137. The van der Waals surface area contributed by atoms with Crippen LogP contribution in [0.25, 0.3) is 6.08 Å². The molecule has 7 nitrogen and oxygen atoms in total. The van der Waals surface area contributed by atoms with E-state index >= 15 is 0 Å². The van der Waals surface area contributed by atoms with Crippen molar-refractivity contribution >= 4 is 52.8 Å². The zero-order valence-corrected chi connectivity index (χ0v) is 19.4. The lowest BCUT2D eigenvalue weighted by Gasteiger charge is -2.27. The minimum atomic E-state index is -4.75. The Morgan fingerprint density at radius 3 is 2.32 bits per heavy atom. The molecule has 34 heavy (non-hydrogen) atoms. The van der Waals surface area contributed by atoms with E-state index in [4.69, 9.17) is 32.7 Å². The van der Waals surface area contributed by atoms with Crippen molar-refractivity contribution < 1.29 is 37.0 Å². The predicted octanol–water partition coefficient (Wildman–Crippen LogP) is 5.47. The molecule has 0 aromatic heterocycles. The van der Waals surface area contributed by atoms with E-state index in [1.54, 1.807) is 13.8 Å². The summed E-state index contributed by atoms with van der Waals surface area (Å²) < 4.78 is 50.4. The first-order valence-electron chi connectivity index (χ1n) is 9.66. The molecule has 2 aromatic rings. The molecule has 0 bridgehead atoms. The van der Waals surface area contributed by atoms with Gasteiger partial charge in [0.1, 0.15) is 5.57 Å². The molecule has 3 rings (SSSR count). The van der Waals surface area contributed by atoms with Crippen LogP contribution in [0.2, 0.25) is 10.0 Å². The van der Waals surface area contributed by atoms with Crippen molar-refractivity contribution in [2.75, 3.05) is 12.0 Å². The molecular weight excluding hydrogens is 500 g/mol. The first-order chi connectivity index (χ1) is 15.8. The third-order valence-electron chi connectivity index (χ3n) is 4.53. The number of methoxy groups -OCH3 is 1. The van der Waals surface area contributed by atoms with E-state index in [1.165, 1.54) is 19.2 Å². The fourth-order valence-electron chi connectivity index (χ4n) is 3.08. The molecule has 0 atom stereocenters. The smallest absolute Gasteiger partial charge is 0.416 e. The minimum absolute atomic E-state index is 0.123. The number of alkyl halides is 3.